The number of carbonyl (C=O) groups is 1. The third kappa shape index (κ3) is 1.33. The van der Waals surface area contributed by atoms with Crippen molar-refractivity contribution in [3.63, 3.8) is 0 Å². The third-order valence-corrected chi connectivity index (χ3v) is 2.64. The lowest BCUT2D eigenvalue weighted by molar-refractivity contribution is -0.165. The van der Waals surface area contributed by atoms with E-state index >= 15 is 0 Å². The molecule has 1 saturated carbocycles. The summed E-state index contributed by atoms with van der Waals surface area (Å²) in [4.78, 5) is 10.7. The first-order valence-corrected chi connectivity index (χ1v) is 4.54. The zero-order valence-corrected chi connectivity index (χ0v) is 7.34. The monoisotopic (exact) mass is 170 g/mol. The van der Waals surface area contributed by atoms with Crippen LogP contribution >= 0.6 is 0 Å². The van der Waals surface area contributed by atoms with Crippen LogP contribution < -0.4 is 0 Å². The fourth-order valence-electron chi connectivity index (χ4n) is 1.86. The number of ether oxygens (including phenoxy) is 2. The Hall–Kier alpha value is -0.570. The minimum absolute atomic E-state index is 0.0312. The van der Waals surface area contributed by atoms with Crippen LogP contribution in [0.4, 0.5) is 0 Å². The summed E-state index contributed by atoms with van der Waals surface area (Å²) in [5.41, 5.74) is -0.0656. The van der Waals surface area contributed by atoms with Gasteiger partial charge in [0.25, 0.3) is 0 Å². The van der Waals surface area contributed by atoms with E-state index in [9.17, 15) is 4.79 Å². The molecule has 0 aromatic heterocycles. The smallest absolute Gasteiger partial charge is 0.303 e. The summed E-state index contributed by atoms with van der Waals surface area (Å²) >= 11 is 0. The average molecular weight is 170 g/mol. The maximum Gasteiger partial charge on any atom is 0.303 e. The molecule has 0 aromatic rings. The van der Waals surface area contributed by atoms with Gasteiger partial charge in [0.15, 0.2) is 0 Å². The molecule has 1 atom stereocenters. The van der Waals surface area contributed by atoms with Crippen molar-refractivity contribution in [2.45, 2.75) is 44.3 Å². The molecule has 2 rings (SSSR count). The molecule has 1 aliphatic heterocycles. The van der Waals surface area contributed by atoms with Crippen molar-refractivity contribution in [1.82, 2.24) is 0 Å². The van der Waals surface area contributed by atoms with Gasteiger partial charge < -0.3 is 9.47 Å². The van der Waals surface area contributed by atoms with Crippen molar-refractivity contribution in [1.29, 1.82) is 0 Å². The Bertz CT molecular complexity index is 196. The summed E-state index contributed by atoms with van der Waals surface area (Å²) in [6, 6.07) is 0. The highest BCUT2D eigenvalue weighted by atomic mass is 16.6. The lowest BCUT2D eigenvalue weighted by Crippen LogP contribution is -2.39. The van der Waals surface area contributed by atoms with E-state index in [1.165, 1.54) is 6.92 Å². The fourth-order valence-corrected chi connectivity index (χ4v) is 1.86. The van der Waals surface area contributed by atoms with Crippen LogP contribution in [0.5, 0.6) is 0 Å². The van der Waals surface area contributed by atoms with E-state index < -0.39 is 0 Å². The van der Waals surface area contributed by atoms with Crippen LogP contribution in [-0.4, -0.2) is 24.3 Å². The Kier molecular flexibility index (Phi) is 1.83. The molecular formula is C9H14O3. The maximum absolute atomic E-state index is 10.7. The normalized spacial score (nSPS) is 31.6. The van der Waals surface area contributed by atoms with Gasteiger partial charge in [-0.2, -0.15) is 0 Å². The topological polar surface area (TPSA) is 35.5 Å². The molecule has 1 heterocycles. The third-order valence-electron chi connectivity index (χ3n) is 2.64. The molecule has 1 aliphatic carbocycles. The van der Waals surface area contributed by atoms with Crippen molar-refractivity contribution in [2.24, 2.45) is 0 Å². The van der Waals surface area contributed by atoms with Gasteiger partial charge in [-0.05, 0) is 25.7 Å². The molecule has 0 amide bonds. The van der Waals surface area contributed by atoms with Gasteiger partial charge in [0.1, 0.15) is 11.7 Å². The van der Waals surface area contributed by atoms with Crippen LogP contribution in [0.2, 0.25) is 0 Å². The van der Waals surface area contributed by atoms with Gasteiger partial charge in [-0.3, -0.25) is 4.79 Å². The summed E-state index contributed by atoms with van der Waals surface area (Å²) in [5, 5.41) is 0. The zero-order valence-electron chi connectivity index (χ0n) is 7.34. The first kappa shape index (κ1) is 8.05. The summed E-state index contributed by atoms with van der Waals surface area (Å²) in [5.74, 6) is -0.184. The summed E-state index contributed by atoms with van der Waals surface area (Å²) < 4.78 is 10.8. The van der Waals surface area contributed by atoms with E-state index in [-0.39, 0.29) is 17.7 Å². The number of hydrogen-bond acceptors (Lipinski definition) is 3. The van der Waals surface area contributed by atoms with Crippen LogP contribution in [0.1, 0.15) is 32.6 Å². The minimum Gasteiger partial charge on any atom is -0.459 e. The summed E-state index contributed by atoms with van der Waals surface area (Å²) in [6.07, 6.45) is 4.14. The van der Waals surface area contributed by atoms with Crippen LogP contribution in [0.15, 0.2) is 0 Å². The predicted molar refractivity (Wildman–Crippen MR) is 42.7 cm³/mol. The van der Waals surface area contributed by atoms with Gasteiger partial charge in [-0.1, -0.05) is 0 Å². The molecule has 0 aromatic carbocycles. The van der Waals surface area contributed by atoms with E-state index in [2.05, 4.69) is 0 Å². The Morgan fingerprint density at radius 1 is 1.58 bits per heavy atom. The highest BCUT2D eigenvalue weighted by molar-refractivity contribution is 5.66. The van der Waals surface area contributed by atoms with Crippen molar-refractivity contribution in [2.75, 3.05) is 6.61 Å². The number of hydrogen-bond donors (Lipinski definition) is 0. The van der Waals surface area contributed by atoms with Gasteiger partial charge in [0.05, 0.1) is 0 Å². The molecule has 1 saturated heterocycles. The molecule has 68 valence electrons. The van der Waals surface area contributed by atoms with Crippen LogP contribution in [0.25, 0.3) is 0 Å². The molecule has 2 fully saturated rings. The van der Waals surface area contributed by atoms with E-state index in [0.717, 1.165) is 32.3 Å². The van der Waals surface area contributed by atoms with Crippen molar-refractivity contribution in [3.05, 3.63) is 0 Å². The predicted octanol–water partition coefficient (Wildman–Crippen LogP) is 1.26. The fraction of sp³-hybridized carbons (Fsp3) is 0.889. The number of carbonyl (C=O) groups excluding carboxylic acids is 1. The first-order chi connectivity index (χ1) is 5.73. The second kappa shape index (κ2) is 2.73. The molecule has 0 bridgehead atoms. The van der Waals surface area contributed by atoms with Crippen LogP contribution in [0.3, 0.4) is 0 Å². The van der Waals surface area contributed by atoms with E-state index in [0.29, 0.717) is 0 Å². The molecule has 2 aliphatic rings. The van der Waals surface area contributed by atoms with Gasteiger partial charge in [0.2, 0.25) is 0 Å². The first-order valence-electron chi connectivity index (χ1n) is 4.54. The van der Waals surface area contributed by atoms with Gasteiger partial charge in [-0.25, -0.2) is 0 Å². The number of esters is 1. The molecule has 12 heavy (non-hydrogen) atoms. The quantitative estimate of drug-likeness (QED) is 0.556. The second-order valence-electron chi connectivity index (χ2n) is 3.65. The molecule has 0 radical (unpaired) electrons. The molecule has 1 spiro atoms. The molecule has 0 N–H and O–H groups in total. The van der Waals surface area contributed by atoms with E-state index in [1.807, 2.05) is 0 Å². The Morgan fingerprint density at radius 2 is 2.33 bits per heavy atom. The standard InChI is InChI=1S/C9H14O3/c1-7(10)12-8-3-2-6-11-9(8)4-5-9/h8H,2-6H2,1H3/t8-/m1/s1. The highest BCUT2D eigenvalue weighted by Gasteiger charge is 2.54. The molecular weight excluding hydrogens is 156 g/mol. The number of rotatable bonds is 1. The zero-order chi connectivity index (χ0) is 8.60. The molecule has 0 unspecified atom stereocenters. The van der Waals surface area contributed by atoms with Gasteiger partial charge in [0, 0.05) is 13.5 Å². The Balaban J connectivity index is 1.97. The van der Waals surface area contributed by atoms with Crippen molar-refractivity contribution < 1.29 is 14.3 Å². The lowest BCUT2D eigenvalue weighted by atomic mass is 10.0. The van der Waals surface area contributed by atoms with E-state index in [4.69, 9.17) is 9.47 Å². The van der Waals surface area contributed by atoms with Gasteiger partial charge in [-0.15, -0.1) is 0 Å². The molecule has 3 heteroatoms. The second-order valence-corrected chi connectivity index (χ2v) is 3.65. The Labute approximate surface area is 72.0 Å². The SMILES string of the molecule is CC(=O)O[C@@H]1CCCOC12CC2. The maximum atomic E-state index is 10.7. The summed E-state index contributed by atoms with van der Waals surface area (Å²) in [6.45, 7) is 2.29. The van der Waals surface area contributed by atoms with Gasteiger partial charge >= 0.3 is 5.97 Å². The van der Waals surface area contributed by atoms with Crippen LogP contribution in [-0.2, 0) is 14.3 Å². The molecule has 3 nitrogen and oxygen atoms in total. The Morgan fingerprint density at radius 3 is 2.92 bits per heavy atom. The summed E-state index contributed by atoms with van der Waals surface area (Å²) in [7, 11) is 0. The largest absolute Gasteiger partial charge is 0.459 e. The van der Waals surface area contributed by atoms with E-state index in [1.54, 1.807) is 0 Å². The minimum atomic E-state index is -0.184. The van der Waals surface area contributed by atoms with Crippen molar-refractivity contribution >= 4 is 5.97 Å². The highest BCUT2D eigenvalue weighted by Crippen LogP contribution is 2.47. The average Bonchev–Trinajstić information content (AvgIpc) is 2.75. The van der Waals surface area contributed by atoms with Crippen LogP contribution in [0, 0.1) is 0 Å². The lowest BCUT2D eigenvalue weighted by Gasteiger charge is -2.31. The van der Waals surface area contributed by atoms with Crippen molar-refractivity contribution in [3.8, 4) is 0 Å².